The largest absolute Gasteiger partial charge is 0.402 e. The van der Waals surface area contributed by atoms with Crippen molar-refractivity contribution in [1.29, 1.82) is 5.26 Å². The average molecular weight is 202 g/mol. The van der Waals surface area contributed by atoms with Crippen LogP contribution in [0.5, 0.6) is 0 Å². The van der Waals surface area contributed by atoms with Crippen LogP contribution in [0, 0.1) is 11.3 Å². The van der Waals surface area contributed by atoms with Gasteiger partial charge in [-0.05, 0) is 13.0 Å². The Bertz CT molecular complexity index is 450. The van der Waals surface area contributed by atoms with Gasteiger partial charge >= 0.3 is 0 Å². The van der Waals surface area contributed by atoms with Crippen LogP contribution in [0.2, 0.25) is 0 Å². The first-order valence-electron chi connectivity index (χ1n) is 4.13. The highest BCUT2D eigenvalue weighted by Crippen LogP contribution is 2.05. The van der Waals surface area contributed by atoms with Gasteiger partial charge in [0.1, 0.15) is 11.9 Å². The van der Waals surface area contributed by atoms with E-state index in [1.165, 1.54) is 12.3 Å². The van der Waals surface area contributed by atoms with Crippen LogP contribution in [0.25, 0.3) is 0 Å². The summed E-state index contributed by atoms with van der Waals surface area (Å²) < 4.78 is 0. The molecule has 0 saturated heterocycles. The van der Waals surface area contributed by atoms with Crippen LogP contribution < -0.4 is 11.5 Å². The first kappa shape index (κ1) is 10.7. The molecular weight excluding hydrogens is 192 g/mol. The van der Waals surface area contributed by atoms with Gasteiger partial charge in [0.25, 0.3) is 0 Å². The fourth-order valence-corrected chi connectivity index (χ4v) is 0.863. The van der Waals surface area contributed by atoms with E-state index < -0.39 is 0 Å². The highest BCUT2D eigenvalue weighted by atomic mass is 15.0. The number of nitrogens with two attached hydrogens (primary N) is 2. The second kappa shape index (κ2) is 4.72. The summed E-state index contributed by atoms with van der Waals surface area (Å²) in [5.74, 6) is 0.617. The molecule has 0 saturated carbocycles. The molecule has 0 aliphatic carbocycles. The zero-order valence-electron chi connectivity index (χ0n) is 8.18. The van der Waals surface area contributed by atoms with Crippen LogP contribution in [0.15, 0.2) is 29.0 Å². The number of aromatic nitrogens is 2. The lowest BCUT2D eigenvalue weighted by molar-refractivity contribution is 1.10. The fourth-order valence-electron chi connectivity index (χ4n) is 0.863. The Morgan fingerprint density at radius 3 is 2.93 bits per heavy atom. The Morgan fingerprint density at radius 2 is 2.33 bits per heavy atom. The van der Waals surface area contributed by atoms with Gasteiger partial charge in [0.2, 0.25) is 5.82 Å². The smallest absolute Gasteiger partial charge is 0.234 e. The van der Waals surface area contributed by atoms with E-state index in [0.717, 1.165) is 0 Å². The lowest BCUT2D eigenvalue weighted by Crippen LogP contribution is -2.10. The summed E-state index contributed by atoms with van der Waals surface area (Å²) >= 11 is 0. The second-order valence-electron chi connectivity index (χ2n) is 2.78. The van der Waals surface area contributed by atoms with Gasteiger partial charge in [-0.3, -0.25) is 0 Å². The summed E-state index contributed by atoms with van der Waals surface area (Å²) in [6, 6.07) is 3.36. The Kier molecular flexibility index (Phi) is 3.35. The molecule has 1 aromatic heterocycles. The number of hydrogen-bond donors (Lipinski definition) is 2. The van der Waals surface area contributed by atoms with Crippen LogP contribution >= 0.6 is 0 Å². The van der Waals surface area contributed by atoms with Gasteiger partial charge in [-0.25, -0.2) is 9.98 Å². The van der Waals surface area contributed by atoms with Gasteiger partial charge < -0.3 is 11.5 Å². The third-order valence-electron chi connectivity index (χ3n) is 1.36. The van der Waals surface area contributed by atoms with Crippen molar-refractivity contribution in [2.24, 2.45) is 16.5 Å². The minimum atomic E-state index is 0.0532. The van der Waals surface area contributed by atoms with Crippen molar-refractivity contribution in [3.05, 3.63) is 29.9 Å². The van der Waals surface area contributed by atoms with Crippen molar-refractivity contribution in [3.8, 4) is 6.07 Å². The van der Waals surface area contributed by atoms with E-state index >= 15 is 0 Å². The predicted octanol–water partition coefficient (Wildman–Crippen LogP) is 0.199. The van der Waals surface area contributed by atoms with Crippen molar-refractivity contribution in [2.75, 3.05) is 0 Å². The number of aliphatic imine (C=N–C) groups is 1. The van der Waals surface area contributed by atoms with E-state index in [-0.39, 0.29) is 11.7 Å². The van der Waals surface area contributed by atoms with Gasteiger partial charge in [0.05, 0.1) is 0 Å². The van der Waals surface area contributed by atoms with E-state index in [9.17, 15) is 0 Å². The Hall–Kier alpha value is -2.42. The molecule has 1 rings (SSSR count). The molecule has 1 heterocycles. The number of amidine groups is 1. The minimum Gasteiger partial charge on any atom is -0.402 e. The van der Waals surface area contributed by atoms with Crippen molar-refractivity contribution in [1.82, 2.24) is 9.97 Å². The molecule has 0 aliphatic rings. The average Bonchev–Trinajstić information content (AvgIpc) is 2.16. The lowest BCUT2D eigenvalue weighted by Gasteiger charge is -1.95. The molecule has 1 aromatic rings. The highest BCUT2D eigenvalue weighted by molar-refractivity contribution is 5.93. The SMILES string of the molecule is C/C(N)=C/C(N)=Nc1ccnc(C#N)n1. The van der Waals surface area contributed by atoms with E-state index in [0.29, 0.717) is 11.5 Å². The summed E-state index contributed by atoms with van der Waals surface area (Å²) in [5.41, 5.74) is 11.5. The summed E-state index contributed by atoms with van der Waals surface area (Å²) in [6.07, 6.45) is 2.95. The van der Waals surface area contributed by atoms with Gasteiger partial charge in [-0.15, -0.1) is 0 Å². The van der Waals surface area contributed by atoms with Gasteiger partial charge in [-0.2, -0.15) is 10.2 Å². The van der Waals surface area contributed by atoms with Crippen molar-refractivity contribution >= 4 is 11.7 Å². The van der Waals surface area contributed by atoms with Gasteiger partial charge in [-0.1, -0.05) is 0 Å². The first-order chi connectivity index (χ1) is 7.11. The van der Waals surface area contributed by atoms with Crippen LogP contribution in [-0.2, 0) is 0 Å². The monoisotopic (exact) mass is 202 g/mol. The summed E-state index contributed by atoms with van der Waals surface area (Å²) in [7, 11) is 0. The quantitative estimate of drug-likeness (QED) is 0.525. The third kappa shape index (κ3) is 3.44. The molecule has 0 amide bonds. The molecule has 6 nitrogen and oxygen atoms in total. The van der Waals surface area contributed by atoms with Gasteiger partial charge in [0, 0.05) is 18.0 Å². The Balaban J connectivity index is 2.99. The van der Waals surface area contributed by atoms with Gasteiger partial charge in [0.15, 0.2) is 5.82 Å². The molecule has 76 valence electrons. The topological polar surface area (TPSA) is 114 Å². The maximum absolute atomic E-state index is 8.55. The molecule has 15 heavy (non-hydrogen) atoms. The number of nitriles is 1. The predicted molar refractivity (Wildman–Crippen MR) is 56.0 cm³/mol. The molecule has 0 radical (unpaired) electrons. The van der Waals surface area contributed by atoms with E-state index in [1.807, 2.05) is 6.07 Å². The molecule has 0 aromatic carbocycles. The summed E-state index contributed by atoms with van der Waals surface area (Å²) in [4.78, 5) is 11.5. The highest BCUT2D eigenvalue weighted by Gasteiger charge is 1.96. The Morgan fingerprint density at radius 1 is 1.60 bits per heavy atom. The van der Waals surface area contributed by atoms with E-state index in [4.69, 9.17) is 16.7 Å². The zero-order chi connectivity index (χ0) is 11.3. The van der Waals surface area contributed by atoms with Crippen molar-refractivity contribution in [3.63, 3.8) is 0 Å². The van der Waals surface area contributed by atoms with Crippen molar-refractivity contribution < 1.29 is 0 Å². The maximum atomic E-state index is 8.55. The third-order valence-corrected chi connectivity index (χ3v) is 1.36. The maximum Gasteiger partial charge on any atom is 0.234 e. The molecule has 0 unspecified atom stereocenters. The fraction of sp³-hybridized carbons (Fsp3) is 0.111. The standard InChI is InChI=1S/C9H10N6/c1-6(11)4-7(12)14-8-2-3-13-9(5-10)15-8/h2-4H,11H2,1H3,(H2,12,13,14,15)/b6-4-. The molecule has 0 bridgehead atoms. The van der Waals surface area contributed by atoms with E-state index in [1.54, 1.807) is 13.0 Å². The van der Waals surface area contributed by atoms with Crippen LogP contribution in [0.1, 0.15) is 12.7 Å². The number of nitrogens with zero attached hydrogens (tertiary/aromatic N) is 4. The van der Waals surface area contributed by atoms with Crippen molar-refractivity contribution in [2.45, 2.75) is 6.92 Å². The first-order valence-corrected chi connectivity index (χ1v) is 4.13. The molecular formula is C9H10N6. The van der Waals surface area contributed by atoms with Crippen LogP contribution in [-0.4, -0.2) is 15.8 Å². The molecule has 0 fully saturated rings. The van der Waals surface area contributed by atoms with Crippen LogP contribution in [0.4, 0.5) is 5.82 Å². The normalized spacial score (nSPS) is 12.3. The molecule has 0 atom stereocenters. The number of hydrogen-bond acceptors (Lipinski definition) is 5. The minimum absolute atomic E-state index is 0.0532. The molecule has 4 N–H and O–H groups in total. The summed E-state index contributed by atoms with van der Waals surface area (Å²) in [5, 5.41) is 8.55. The lowest BCUT2D eigenvalue weighted by atomic mass is 10.4. The molecule has 6 heteroatoms. The number of allylic oxidation sites excluding steroid dienone is 1. The molecule has 0 aliphatic heterocycles. The summed E-state index contributed by atoms with van der Waals surface area (Å²) in [6.45, 7) is 1.70. The zero-order valence-corrected chi connectivity index (χ0v) is 8.18. The second-order valence-corrected chi connectivity index (χ2v) is 2.78. The van der Waals surface area contributed by atoms with Crippen LogP contribution in [0.3, 0.4) is 0 Å². The number of rotatable bonds is 2. The Labute approximate surface area is 87.0 Å². The van der Waals surface area contributed by atoms with E-state index in [2.05, 4.69) is 15.0 Å². The molecule has 0 spiro atoms.